The van der Waals surface area contributed by atoms with Crippen LogP contribution in [-0.4, -0.2) is 78.9 Å². The van der Waals surface area contributed by atoms with E-state index in [1.165, 1.54) is 11.0 Å². The SMILES string of the molecule is CC(C)CNc1nc(Nc2ccc(C#N)cc2)ncc1C#CCCCNC(=O)CN(C)C(=O)/C=C/CN(C)C. The number of carbonyl (C=O) groups is 2. The standard InChI is InChI=1S/C29H38N8O2/c1-22(2)19-32-28-24(20-33-29(35-28)34-25-14-12-23(18-30)13-15-25)10-7-6-8-16-31-26(38)21-37(5)27(39)11-9-17-36(3)4/h9,11-15,20,22H,6,8,16-17,19,21H2,1-5H3,(H,31,38)(H2,32,33,34,35)/b11-9+. The van der Waals surface area contributed by atoms with Gasteiger partial charge in [-0.1, -0.05) is 31.8 Å². The van der Waals surface area contributed by atoms with Crippen LogP contribution >= 0.6 is 0 Å². The number of carbonyl (C=O) groups excluding carboxylic acids is 2. The van der Waals surface area contributed by atoms with Gasteiger partial charge in [0.2, 0.25) is 17.8 Å². The van der Waals surface area contributed by atoms with Crippen molar-refractivity contribution < 1.29 is 9.59 Å². The highest BCUT2D eigenvalue weighted by Crippen LogP contribution is 2.18. The molecule has 1 heterocycles. The minimum absolute atomic E-state index is 0.00187. The van der Waals surface area contributed by atoms with E-state index in [0.717, 1.165) is 12.2 Å². The second-order valence-electron chi connectivity index (χ2n) is 9.66. The molecule has 39 heavy (non-hydrogen) atoms. The normalized spacial score (nSPS) is 10.6. The number of nitrogens with one attached hydrogen (secondary N) is 3. The van der Waals surface area contributed by atoms with Gasteiger partial charge in [0, 0.05) is 44.9 Å². The highest BCUT2D eigenvalue weighted by atomic mass is 16.2. The maximum absolute atomic E-state index is 12.1. The fourth-order valence-electron chi connectivity index (χ4n) is 3.13. The Morgan fingerprint density at radius 2 is 1.90 bits per heavy atom. The van der Waals surface area contributed by atoms with Crippen molar-refractivity contribution in [2.45, 2.75) is 26.7 Å². The summed E-state index contributed by atoms with van der Waals surface area (Å²) in [5.74, 6) is 7.32. The number of benzene rings is 1. The molecule has 0 saturated carbocycles. The third-order valence-corrected chi connectivity index (χ3v) is 5.25. The van der Waals surface area contributed by atoms with Crippen molar-refractivity contribution in [1.82, 2.24) is 25.1 Å². The molecular formula is C29H38N8O2. The molecule has 2 amide bonds. The predicted octanol–water partition coefficient (Wildman–Crippen LogP) is 2.98. The summed E-state index contributed by atoms with van der Waals surface area (Å²) in [5, 5.41) is 18.3. The maximum Gasteiger partial charge on any atom is 0.246 e. The lowest BCUT2D eigenvalue weighted by atomic mass is 10.2. The zero-order chi connectivity index (χ0) is 28.6. The largest absolute Gasteiger partial charge is 0.369 e. The first kappa shape index (κ1) is 30.8. The van der Waals surface area contributed by atoms with Crippen LogP contribution < -0.4 is 16.0 Å². The Morgan fingerprint density at radius 1 is 1.15 bits per heavy atom. The Kier molecular flexibility index (Phi) is 13.0. The quantitative estimate of drug-likeness (QED) is 0.205. The fourth-order valence-corrected chi connectivity index (χ4v) is 3.13. The van der Waals surface area contributed by atoms with Crippen LogP contribution in [0.25, 0.3) is 0 Å². The van der Waals surface area contributed by atoms with Crippen molar-refractivity contribution in [3.63, 3.8) is 0 Å². The number of rotatable bonds is 13. The Balaban J connectivity index is 1.87. The minimum atomic E-state index is -0.209. The number of aromatic nitrogens is 2. The van der Waals surface area contributed by atoms with E-state index < -0.39 is 0 Å². The van der Waals surface area contributed by atoms with E-state index in [2.05, 4.69) is 57.7 Å². The summed E-state index contributed by atoms with van der Waals surface area (Å²) in [6.45, 7) is 6.08. The van der Waals surface area contributed by atoms with Crippen molar-refractivity contribution >= 4 is 29.3 Å². The van der Waals surface area contributed by atoms with Crippen LogP contribution in [0.3, 0.4) is 0 Å². The second kappa shape index (κ2) is 16.4. The van der Waals surface area contributed by atoms with Gasteiger partial charge in [-0.15, -0.1) is 0 Å². The average Bonchev–Trinajstić information content (AvgIpc) is 2.90. The summed E-state index contributed by atoms with van der Waals surface area (Å²) in [4.78, 5) is 36.5. The zero-order valence-corrected chi connectivity index (χ0v) is 23.4. The Labute approximate surface area is 231 Å². The van der Waals surface area contributed by atoms with Gasteiger partial charge in [0.1, 0.15) is 5.82 Å². The van der Waals surface area contributed by atoms with Crippen LogP contribution in [0.2, 0.25) is 0 Å². The van der Waals surface area contributed by atoms with Crippen LogP contribution in [0.15, 0.2) is 42.6 Å². The van der Waals surface area contributed by atoms with Crippen molar-refractivity contribution in [2.75, 3.05) is 58.0 Å². The molecule has 3 N–H and O–H groups in total. The number of likely N-dealkylation sites (N-methyl/N-ethyl adjacent to an activating group) is 2. The van der Waals surface area contributed by atoms with Gasteiger partial charge in [-0.05, 0) is 50.7 Å². The summed E-state index contributed by atoms with van der Waals surface area (Å²) in [5.41, 5.74) is 2.05. The molecule has 0 radical (unpaired) electrons. The third kappa shape index (κ3) is 12.1. The summed E-state index contributed by atoms with van der Waals surface area (Å²) in [6.07, 6.45) is 6.18. The van der Waals surface area contributed by atoms with Crippen LogP contribution in [0.4, 0.5) is 17.5 Å². The predicted molar refractivity (Wildman–Crippen MR) is 154 cm³/mol. The third-order valence-electron chi connectivity index (χ3n) is 5.25. The molecule has 2 aromatic rings. The highest BCUT2D eigenvalue weighted by molar-refractivity contribution is 5.91. The smallest absolute Gasteiger partial charge is 0.246 e. The van der Waals surface area contributed by atoms with Crippen LogP contribution in [0, 0.1) is 29.1 Å². The van der Waals surface area contributed by atoms with E-state index in [1.54, 1.807) is 43.6 Å². The molecule has 0 spiro atoms. The summed E-state index contributed by atoms with van der Waals surface area (Å²) >= 11 is 0. The lowest BCUT2D eigenvalue weighted by molar-refractivity contribution is -0.131. The molecule has 2 rings (SSSR count). The number of amides is 2. The molecule has 0 fully saturated rings. The van der Waals surface area contributed by atoms with Crippen molar-refractivity contribution in [2.24, 2.45) is 5.92 Å². The number of anilines is 3. The molecule has 10 heteroatoms. The van der Waals surface area contributed by atoms with E-state index in [-0.39, 0.29) is 18.4 Å². The first-order chi connectivity index (χ1) is 18.7. The number of nitriles is 1. The first-order valence-corrected chi connectivity index (χ1v) is 12.9. The molecule has 0 bridgehead atoms. The molecule has 0 aliphatic heterocycles. The molecular weight excluding hydrogens is 492 g/mol. The molecule has 0 saturated heterocycles. The summed E-state index contributed by atoms with van der Waals surface area (Å²) in [6, 6.07) is 9.15. The molecule has 0 atom stereocenters. The fraction of sp³-hybridized carbons (Fsp3) is 0.414. The van der Waals surface area contributed by atoms with E-state index in [0.29, 0.717) is 54.7 Å². The summed E-state index contributed by atoms with van der Waals surface area (Å²) in [7, 11) is 5.44. The zero-order valence-electron chi connectivity index (χ0n) is 23.4. The molecule has 0 aliphatic rings. The number of nitrogens with zero attached hydrogens (tertiary/aromatic N) is 5. The molecule has 0 unspecified atom stereocenters. The number of hydrogen-bond donors (Lipinski definition) is 3. The van der Waals surface area contributed by atoms with Gasteiger partial charge in [-0.25, -0.2) is 4.98 Å². The lowest BCUT2D eigenvalue weighted by Gasteiger charge is -2.14. The first-order valence-electron chi connectivity index (χ1n) is 12.9. The minimum Gasteiger partial charge on any atom is -0.369 e. The van der Waals surface area contributed by atoms with Gasteiger partial charge < -0.3 is 25.8 Å². The Morgan fingerprint density at radius 3 is 2.56 bits per heavy atom. The number of hydrogen-bond acceptors (Lipinski definition) is 8. The summed E-state index contributed by atoms with van der Waals surface area (Å²) < 4.78 is 0. The highest BCUT2D eigenvalue weighted by Gasteiger charge is 2.10. The van der Waals surface area contributed by atoms with Crippen molar-refractivity contribution in [3.8, 4) is 17.9 Å². The second-order valence-corrected chi connectivity index (χ2v) is 9.66. The average molecular weight is 531 g/mol. The van der Waals surface area contributed by atoms with E-state index in [1.807, 2.05) is 19.0 Å². The lowest BCUT2D eigenvalue weighted by Crippen LogP contribution is -2.38. The van der Waals surface area contributed by atoms with Gasteiger partial charge >= 0.3 is 0 Å². The molecule has 1 aromatic heterocycles. The maximum atomic E-state index is 12.1. The molecule has 0 aliphatic carbocycles. The van der Waals surface area contributed by atoms with Gasteiger partial charge in [0.25, 0.3) is 0 Å². The van der Waals surface area contributed by atoms with Gasteiger partial charge in [0.05, 0.1) is 29.9 Å². The molecule has 10 nitrogen and oxygen atoms in total. The van der Waals surface area contributed by atoms with Gasteiger partial charge in [0.15, 0.2) is 0 Å². The van der Waals surface area contributed by atoms with Gasteiger partial charge in [-0.2, -0.15) is 10.2 Å². The number of unbranched alkanes of at least 4 members (excludes halogenated alkanes) is 1. The van der Waals surface area contributed by atoms with E-state index >= 15 is 0 Å². The van der Waals surface area contributed by atoms with E-state index in [9.17, 15) is 9.59 Å². The monoisotopic (exact) mass is 530 g/mol. The van der Waals surface area contributed by atoms with E-state index in [4.69, 9.17) is 5.26 Å². The van der Waals surface area contributed by atoms with Crippen molar-refractivity contribution in [1.29, 1.82) is 5.26 Å². The molecule has 1 aromatic carbocycles. The van der Waals surface area contributed by atoms with Crippen LogP contribution in [-0.2, 0) is 9.59 Å². The van der Waals surface area contributed by atoms with Gasteiger partial charge in [-0.3, -0.25) is 9.59 Å². The Hall–Kier alpha value is -4.41. The van der Waals surface area contributed by atoms with Crippen LogP contribution in [0.1, 0.15) is 37.8 Å². The topological polar surface area (TPSA) is 126 Å². The van der Waals surface area contributed by atoms with Crippen LogP contribution in [0.5, 0.6) is 0 Å². The molecule has 206 valence electrons. The van der Waals surface area contributed by atoms with Crippen molar-refractivity contribution in [3.05, 3.63) is 53.7 Å². The Bertz CT molecular complexity index is 1220.